The molecular weight excluding hydrogens is 412 g/mol. The zero-order chi connectivity index (χ0) is 18.3. The second-order valence-electron chi connectivity index (χ2n) is 6.11. The van der Waals surface area contributed by atoms with Gasteiger partial charge < -0.3 is 4.57 Å². The number of aromatic nitrogens is 1. The molecule has 130 valence electrons. The maximum Gasteiger partial charge on any atom is 0.293 e. The number of hydrogen-bond donors (Lipinski definition) is 0. The van der Waals surface area contributed by atoms with E-state index in [4.69, 9.17) is 0 Å². The van der Waals surface area contributed by atoms with Crippen molar-refractivity contribution in [2.45, 2.75) is 6.54 Å². The van der Waals surface area contributed by atoms with Crippen molar-refractivity contribution >= 4 is 55.8 Å². The van der Waals surface area contributed by atoms with Crippen molar-refractivity contribution in [3.63, 3.8) is 0 Å². The molecule has 6 heteroatoms. The summed E-state index contributed by atoms with van der Waals surface area (Å²) >= 11 is 4.38. The molecule has 4 nitrogen and oxygen atoms in total. The number of carbonyl (C=O) groups excluding carboxylic acids is 2. The van der Waals surface area contributed by atoms with Crippen LogP contribution in [0.1, 0.15) is 11.1 Å². The van der Waals surface area contributed by atoms with Gasteiger partial charge in [-0.25, -0.2) is 0 Å². The summed E-state index contributed by atoms with van der Waals surface area (Å²) in [6, 6.07) is 15.6. The third-order valence-corrected chi connectivity index (χ3v) is 5.78. The van der Waals surface area contributed by atoms with Crippen LogP contribution in [-0.2, 0) is 18.4 Å². The van der Waals surface area contributed by atoms with Gasteiger partial charge in [-0.3, -0.25) is 14.5 Å². The Morgan fingerprint density at radius 3 is 2.58 bits per heavy atom. The quantitative estimate of drug-likeness (QED) is 0.541. The molecule has 0 unspecified atom stereocenters. The maximum absolute atomic E-state index is 12.7. The van der Waals surface area contributed by atoms with Crippen molar-refractivity contribution in [1.82, 2.24) is 9.47 Å². The summed E-state index contributed by atoms with van der Waals surface area (Å²) in [6.45, 7) is 0.283. The van der Waals surface area contributed by atoms with E-state index >= 15 is 0 Å². The first-order valence-corrected chi connectivity index (χ1v) is 9.68. The highest BCUT2D eigenvalue weighted by Gasteiger charge is 2.35. The van der Waals surface area contributed by atoms with Gasteiger partial charge in [-0.05, 0) is 41.6 Å². The van der Waals surface area contributed by atoms with Crippen molar-refractivity contribution in [2.24, 2.45) is 7.05 Å². The van der Waals surface area contributed by atoms with Gasteiger partial charge in [0.25, 0.3) is 11.1 Å². The number of nitrogens with zero attached hydrogens (tertiary/aromatic N) is 2. The van der Waals surface area contributed by atoms with Crippen molar-refractivity contribution in [3.8, 4) is 0 Å². The summed E-state index contributed by atoms with van der Waals surface area (Å²) in [5.41, 5.74) is 2.95. The number of amides is 2. The lowest BCUT2D eigenvalue weighted by Crippen LogP contribution is -2.27. The van der Waals surface area contributed by atoms with Crippen LogP contribution in [0.3, 0.4) is 0 Å². The molecule has 3 aromatic rings. The molecule has 26 heavy (non-hydrogen) atoms. The number of carbonyl (C=O) groups is 2. The number of imide groups is 1. The first kappa shape index (κ1) is 17.1. The minimum atomic E-state index is -0.240. The molecule has 1 fully saturated rings. The third kappa shape index (κ3) is 3.10. The highest BCUT2D eigenvalue weighted by Crippen LogP contribution is 2.34. The van der Waals surface area contributed by atoms with Crippen LogP contribution in [0.25, 0.3) is 17.0 Å². The Balaban J connectivity index is 1.64. The smallest absolute Gasteiger partial charge is 0.293 e. The minimum absolute atomic E-state index is 0.232. The molecule has 0 N–H and O–H groups in total. The lowest BCUT2D eigenvalue weighted by Gasteiger charge is -2.12. The molecule has 0 bridgehead atoms. The Bertz CT molecular complexity index is 1050. The van der Waals surface area contributed by atoms with E-state index in [-0.39, 0.29) is 17.7 Å². The first-order chi connectivity index (χ1) is 12.5. The molecule has 1 aliphatic rings. The molecule has 0 radical (unpaired) electrons. The largest absolute Gasteiger partial charge is 0.350 e. The van der Waals surface area contributed by atoms with Gasteiger partial charge in [-0.15, -0.1) is 0 Å². The van der Waals surface area contributed by atoms with Crippen LogP contribution < -0.4 is 0 Å². The highest BCUT2D eigenvalue weighted by atomic mass is 79.9. The van der Waals surface area contributed by atoms with E-state index < -0.39 is 0 Å². The lowest BCUT2D eigenvalue weighted by molar-refractivity contribution is -0.123. The van der Waals surface area contributed by atoms with E-state index in [1.165, 1.54) is 4.90 Å². The molecule has 1 saturated heterocycles. The van der Waals surface area contributed by atoms with Crippen LogP contribution in [0.4, 0.5) is 4.79 Å². The molecule has 0 aliphatic carbocycles. The minimum Gasteiger partial charge on any atom is -0.350 e. The lowest BCUT2D eigenvalue weighted by atomic mass is 10.1. The van der Waals surface area contributed by atoms with E-state index in [0.717, 1.165) is 38.3 Å². The Morgan fingerprint density at radius 2 is 1.81 bits per heavy atom. The molecule has 2 aromatic carbocycles. The summed E-state index contributed by atoms with van der Waals surface area (Å²) in [4.78, 5) is 26.8. The van der Waals surface area contributed by atoms with Gasteiger partial charge in [-0.1, -0.05) is 46.3 Å². The molecule has 1 aromatic heterocycles. The van der Waals surface area contributed by atoms with Crippen molar-refractivity contribution in [1.29, 1.82) is 0 Å². The first-order valence-electron chi connectivity index (χ1n) is 8.07. The van der Waals surface area contributed by atoms with Crippen LogP contribution >= 0.6 is 27.7 Å². The predicted molar refractivity (Wildman–Crippen MR) is 109 cm³/mol. The zero-order valence-corrected chi connectivity index (χ0v) is 16.4. The monoisotopic (exact) mass is 426 g/mol. The molecule has 0 saturated carbocycles. The number of hydrogen-bond acceptors (Lipinski definition) is 3. The number of halogens is 1. The van der Waals surface area contributed by atoms with Crippen LogP contribution in [0.2, 0.25) is 0 Å². The Labute approximate surface area is 163 Å². The normalized spacial score (nSPS) is 16.2. The maximum atomic E-state index is 12.7. The average Bonchev–Trinajstić information content (AvgIpc) is 3.09. The van der Waals surface area contributed by atoms with Gasteiger partial charge in [0.15, 0.2) is 0 Å². The van der Waals surface area contributed by atoms with E-state index in [2.05, 4.69) is 15.9 Å². The Hall–Kier alpha value is -2.31. The summed E-state index contributed by atoms with van der Waals surface area (Å²) in [5.74, 6) is -0.240. The molecule has 2 heterocycles. The van der Waals surface area contributed by atoms with Gasteiger partial charge in [-0.2, -0.15) is 0 Å². The Kier molecular flexibility index (Phi) is 4.46. The number of rotatable bonds is 3. The van der Waals surface area contributed by atoms with E-state index in [1.807, 2.05) is 72.4 Å². The van der Waals surface area contributed by atoms with Gasteiger partial charge >= 0.3 is 0 Å². The molecular formula is C20H15BrN2O2S. The summed E-state index contributed by atoms with van der Waals surface area (Å²) in [6.07, 6.45) is 3.79. The Morgan fingerprint density at radius 1 is 1.08 bits per heavy atom. The fourth-order valence-electron chi connectivity index (χ4n) is 3.04. The van der Waals surface area contributed by atoms with Gasteiger partial charge in [0.1, 0.15) is 0 Å². The number of aryl methyl sites for hydroxylation is 1. The second kappa shape index (κ2) is 6.78. The zero-order valence-electron chi connectivity index (χ0n) is 14.0. The predicted octanol–water partition coefficient (Wildman–Crippen LogP) is 5.18. The van der Waals surface area contributed by atoms with Crippen LogP contribution in [-0.4, -0.2) is 20.6 Å². The van der Waals surface area contributed by atoms with E-state index in [0.29, 0.717) is 4.91 Å². The van der Waals surface area contributed by atoms with Gasteiger partial charge in [0.05, 0.1) is 11.4 Å². The number of para-hydroxylation sites is 1. The van der Waals surface area contributed by atoms with Crippen LogP contribution in [0, 0.1) is 0 Å². The van der Waals surface area contributed by atoms with Crippen LogP contribution in [0.5, 0.6) is 0 Å². The molecule has 0 atom stereocenters. The fraction of sp³-hybridized carbons (Fsp3) is 0.100. The van der Waals surface area contributed by atoms with E-state index in [1.54, 1.807) is 0 Å². The summed E-state index contributed by atoms with van der Waals surface area (Å²) in [5, 5.41) is 0.833. The average molecular weight is 427 g/mol. The highest BCUT2D eigenvalue weighted by molar-refractivity contribution is 9.10. The molecule has 4 rings (SSSR count). The van der Waals surface area contributed by atoms with Gasteiger partial charge in [0.2, 0.25) is 0 Å². The topological polar surface area (TPSA) is 42.3 Å². The standard InChI is InChI=1S/C20H15BrN2O2S/c1-22-12-14(16-4-2-3-5-17(16)22)10-18-19(24)23(20(25)26-18)11-13-6-8-15(21)9-7-13/h2-10,12H,11H2,1H3/b18-10+. The molecule has 0 spiro atoms. The van der Waals surface area contributed by atoms with Crippen molar-refractivity contribution in [2.75, 3.05) is 0 Å². The van der Waals surface area contributed by atoms with Crippen LogP contribution in [0.15, 0.2) is 64.1 Å². The van der Waals surface area contributed by atoms with Gasteiger partial charge in [0, 0.05) is 34.2 Å². The van der Waals surface area contributed by atoms with E-state index in [9.17, 15) is 9.59 Å². The van der Waals surface area contributed by atoms with Crippen molar-refractivity contribution < 1.29 is 9.59 Å². The fourth-order valence-corrected chi connectivity index (χ4v) is 4.13. The number of fused-ring (bicyclic) bond motifs is 1. The molecule has 2 amide bonds. The molecule has 1 aliphatic heterocycles. The summed E-state index contributed by atoms with van der Waals surface area (Å²) < 4.78 is 2.99. The number of benzene rings is 2. The van der Waals surface area contributed by atoms with Crippen molar-refractivity contribution in [3.05, 3.63) is 75.2 Å². The second-order valence-corrected chi connectivity index (χ2v) is 8.02. The SMILES string of the molecule is Cn1cc(/C=C2/SC(=O)N(Cc3ccc(Br)cc3)C2=O)c2ccccc21. The third-order valence-electron chi connectivity index (χ3n) is 4.34. The summed E-state index contributed by atoms with van der Waals surface area (Å²) in [7, 11) is 1.97. The number of thioether (sulfide) groups is 1.